The smallest absolute Gasteiger partial charge is 0.394 e. The quantitative estimate of drug-likeness (QED) is 0.690. The van der Waals surface area contributed by atoms with Gasteiger partial charge in [0.25, 0.3) is 0 Å². The Morgan fingerprint density at radius 2 is 1.94 bits per heavy atom. The fraction of sp³-hybridized carbons (Fsp3) is 0.696. The van der Waals surface area contributed by atoms with E-state index in [1.165, 1.54) is 6.07 Å². The number of aliphatic hydroxyl groups excluding tert-OH is 2. The molecule has 1 aliphatic carbocycles. The first-order chi connectivity index (χ1) is 15.1. The maximum absolute atomic E-state index is 13.1. The van der Waals surface area contributed by atoms with Gasteiger partial charge in [0.15, 0.2) is 0 Å². The molecule has 3 aliphatic rings. The highest BCUT2D eigenvalue weighted by atomic mass is 19.4. The van der Waals surface area contributed by atoms with Gasteiger partial charge >= 0.3 is 6.18 Å². The molecule has 1 aromatic carbocycles. The number of amides is 1. The van der Waals surface area contributed by atoms with Crippen molar-refractivity contribution in [1.82, 2.24) is 9.80 Å². The molecule has 0 bridgehead atoms. The number of halogens is 3. The number of benzene rings is 1. The fourth-order valence-electron chi connectivity index (χ4n) is 5.17. The molecule has 3 unspecified atom stereocenters. The van der Waals surface area contributed by atoms with Crippen molar-refractivity contribution in [1.29, 1.82) is 0 Å². The summed E-state index contributed by atoms with van der Waals surface area (Å²) in [6.45, 7) is 4.51. The van der Waals surface area contributed by atoms with Gasteiger partial charge in [0.1, 0.15) is 6.04 Å². The van der Waals surface area contributed by atoms with Crippen LogP contribution < -0.4 is 4.90 Å². The number of carbonyl (C=O) groups excluding carboxylic acids is 1. The van der Waals surface area contributed by atoms with Crippen molar-refractivity contribution in [2.75, 3.05) is 44.2 Å². The molecule has 4 rings (SSSR count). The number of carbonyl (C=O) groups is 1. The highest BCUT2D eigenvalue weighted by Gasteiger charge is 2.51. The topological polar surface area (TPSA) is 67.2 Å². The number of piperidine rings is 1. The Kier molecular flexibility index (Phi) is 6.44. The first-order valence-corrected chi connectivity index (χ1v) is 11.4. The van der Waals surface area contributed by atoms with Gasteiger partial charge in [0, 0.05) is 31.9 Å². The zero-order valence-electron chi connectivity index (χ0n) is 18.4. The third kappa shape index (κ3) is 4.61. The molecular weight excluding hydrogens is 423 g/mol. The van der Waals surface area contributed by atoms with Crippen LogP contribution in [0.25, 0.3) is 0 Å². The van der Waals surface area contributed by atoms with Gasteiger partial charge in [-0.1, -0.05) is 6.07 Å². The average Bonchev–Trinajstić information content (AvgIpc) is 3.54. The Hall–Kier alpha value is -1.84. The molecule has 1 aromatic rings. The summed E-state index contributed by atoms with van der Waals surface area (Å²) in [7, 11) is 0. The van der Waals surface area contributed by atoms with Gasteiger partial charge in [-0.15, -0.1) is 0 Å². The summed E-state index contributed by atoms with van der Waals surface area (Å²) >= 11 is 0. The molecule has 2 saturated heterocycles. The molecule has 0 radical (unpaired) electrons. The number of rotatable bonds is 6. The minimum atomic E-state index is -4.44. The minimum absolute atomic E-state index is 0.137. The molecule has 3 atom stereocenters. The summed E-state index contributed by atoms with van der Waals surface area (Å²) in [6, 6.07) is 4.09. The van der Waals surface area contributed by atoms with Gasteiger partial charge in [-0.05, 0) is 62.8 Å². The molecule has 178 valence electrons. The Bertz CT molecular complexity index is 830. The molecule has 2 N–H and O–H groups in total. The second-order valence-electron chi connectivity index (χ2n) is 9.50. The molecule has 1 saturated carbocycles. The zero-order chi connectivity index (χ0) is 23.1. The molecule has 2 aliphatic heterocycles. The molecule has 1 spiro atoms. The molecule has 32 heavy (non-hydrogen) atoms. The van der Waals surface area contributed by atoms with Crippen LogP contribution in [0, 0.1) is 5.41 Å². The van der Waals surface area contributed by atoms with E-state index in [-0.39, 0.29) is 30.1 Å². The summed E-state index contributed by atoms with van der Waals surface area (Å²) in [6.07, 6.45) is -0.953. The van der Waals surface area contributed by atoms with E-state index in [1.807, 2.05) is 0 Å². The monoisotopic (exact) mass is 455 g/mol. The van der Waals surface area contributed by atoms with Gasteiger partial charge in [-0.25, -0.2) is 0 Å². The predicted octanol–water partition coefficient (Wildman–Crippen LogP) is 2.34. The largest absolute Gasteiger partial charge is 0.416 e. The van der Waals surface area contributed by atoms with Crippen LogP contribution in [0.15, 0.2) is 24.3 Å². The summed E-state index contributed by atoms with van der Waals surface area (Å²) in [5.74, 6) is -0.191. The second-order valence-corrected chi connectivity index (χ2v) is 9.50. The van der Waals surface area contributed by atoms with Gasteiger partial charge in [-0.2, -0.15) is 13.2 Å². The number of alkyl halides is 3. The van der Waals surface area contributed by atoms with Gasteiger partial charge in [-0.3, -0.25) is 4.79 Å². The van der Waals surface area contributed by atoms with Crippen LogP contribution in [0.4, 0.5) is 18.9 Å². The Balaban J connectivity index is 1.36. The lowest BCUT2D eigenvalue weighted by Crippen LogP contribution is -2.60. The SMILES string of the molecule is CC1C(=O)N(C(CO)CCN2CCC3(CC3)C(O)C2)CCN1c1cccc(C(F)(F)F)c1. The summed E-state index contributed by atoms with van der Waals surface area (Å²) in [5, 5.41) is 20.4. The third-order valence-electron chi connectivity index (χ3n) is 7.58. The zero-order valence-corrected chi connectivity index (χ0v) is 18.4. The van der Waals surface area contributed by atoms with Gasteiger partial charge in [0.2, 0.25) is 5.91 Å². The van der Waals surface area contributed by atoms with Crippen LogP contribution in [-0.4, -0.2) is 83.4 Å². The number of hydrogen-bond acceptors (Lipinski definition) is 5. The van der Waals surface area contributed by atoms with E-state index in [4.69, 9.17) is 0 Å². The average molecular weight is 456 g/mol. The summed E-state index contributed by atoms with van der Waals surface area (Å²) in [5.41, 5.74) is -0.225. The van der Waals surface area contributed by atoms with Crippen LogP contribution in [0.5, 0.6) is 0 Å². The van der Waals surface area contributed by atoms with Crippen LogP contribution in [0.3, 0.4) is 0 Å². The van der Waals surface area contributed by atoms with E-state index in [0.717, 1.165) is 37.9 Å². The fourth-order valence-corrected chi connectivity index (χ4v) is 5.17. The van der Waals surface area contributed by atoms with Crippen molar-refractivity contribution in [3.8, 4) is 0 Å². The normalized spacial score (nSPS) is 27.1. The van der Waals surface area contributed by atoms with Crippen molar-refractivity contribution in [2.24, 2.45) is 5.41 Å². The van der Waals surface area contributed by atoms with Crippen molar-refractivity contribution in [3.63, 3.8) is 0 Å². The molecule has 3 fully saturated rings. The number of likely N-dealkylation sites (tertiary alicyclic amines) is 1. The van der Waals surface area contributed by atoms with E-state index in [2.05, 4.69) is 4.90 Å². The third-order valence-corrected chi connectivity index (χ3v) is 7.58. The maximum Gasteiger partial charge on any atom is 0.416 e. The van der Waals surface area contributed by atoms with E-state index in [0.29, 0.717) is 38.3 Å². The molecule has 9 heteroatoms. The summed E-state index contributed by atoms with van der Waals surface area (Å²) in [4.78, 5) is 18.6. The van der Waals surface area contributed by atoms with E-state index < -0.39 is 17.8 Å². The number of anilines is 1. The lowest BCUT2D eigenvalue weighted by Gasteiger charge is -2.44. The molecule has 2 heterocycles. The van der Waals surface area contributed by atoms with Gasteiger partial charge in [0.05, 0.1) is 24.3 Å². The Morgan fingerprint density at radius 3 is 2.56 bits per heavy atom. The van der Waals surface area contributed by atoms with E-state index in [9.17, 15) is 28.2 Å². The molecule has 0 aromatic heterocycles. The lowest BCUT2D eigenvalue weighted by atomic mass is 9.90. The van der Waals surface area contributed by atoms with Crippen LogP contribution in [-0.2, 0) is 11.0 Å². The summed E-state index contributed by atoms with van der Waals surface area (Å²) < 4.78 is 39.3. The number of nitrogens with zero attached hydrogens (tertiary/aromatic N) is 3. The standard InChI is InChI=1S/C23H32F3N3O3/c1-16-21(32)29(12-11-28(16)18-4-2-3-17(13-18)23(24,25)26)19(15-30)5-9-27-10-8-22(6-7-22)20(31)14-27/h2-4,13,16,19-20,30-31H,5-12,14-15H2,1H3. The van der Waals surface area contributed by atoms with Crippen molar-refractivity contribution in [2.45, 2.75) is 57.0 Å². The van der Waals surface area contributed by atoms with E-state index >= 15 is 0 Å². The van der Waals surface area contributed by atoms with Crippen molar-refractivity contribution in [3.05, 3.63) is 29.8 Å². The van der Waals surface area contributed by atoms with Gasteiger partial charge < -0.3 is 24.9 Å². The Labute approximate surface area is 186 Å². The first-order valence-electron chi connectivity index (χ1n) is 11.4. The van der Waals surface area contributed by atoms with Crippen molar-refractivity contribution < 1.29 is 28.2 Å². The highest BCUT2D eigenvalue weighted by Crippen LogP contribution is 2.53. The van der Waals surface area contributed by atoms with Crippen molar-refractivity contribution >= 4 is 11.6 Å². The number of β-amino-alcohol motifs (C(OH)–C–C–N with tert-alkyl or cyclic N) is 1. The molecular formula is C23H32F3N3O3. The lowest BCUT2D eigenvalue weighted by molar-refractivity contribution is -0.137. The van der Waals surface area contributed by atoms with Crippen LogP contribution in [0.1, 0.15) is 38.2 Å². The first kappa shape index (κ1) is 23.3. The minimum Gasteiger partial charge on any atom is -0.394 e. The predicted molar refractivity (Wildman–Crippen MR) is 114 cm³/mol. The number of piperazine rings is 1. The number of aliphatic hydroxyl groups is 2. The highest BCUT2D eigenvalue weighted by molar-refractivity contribution is 5.86. The van der Waals surface area contributed by atoms with Crippen LogP contribution >= 0.6 is 0 Å². The van der Waals surface area contributed by atoms with E-state index in [1.54, 1.807) is 22.8 Å². The molecule has 6 nitrogen and oxygen atoms in total. The maximum atomic E-state index is 13.1. The Morgan fingerprint density at radius 1 is 1.19 bits per heavy atom. The molecule has 1 amide bonds. The second kappa shape index (κ2) is 8.83. The van der Waals surface area contributed by atoms with Crippen LogP contribution in [0.2, 0.25) is 0 Å². The number of hydrogen-bond donors (Lipinski definition) is 2.